The van der Waals surface area contributed by atoms with Gasteiger partial charge in [-0.05, 0) is 56.2 Å². The number of unbranched alkanes of at least 4 members (excludes halogenated alkanes) is 2. The Hall–Kier alpha value is -1.38. The van der Waals surface area contributed by atoms with Gasteiger partial charge in [-0.15, -0.1) is 0 Å². The molecule has 0 aliphatic heterocycles. The molecule has 0 spiro atoms. The van der Waals surface area contributed by atoms with Crippen molar-refractivity contribution in [1.29, 1.82) is 0 Å². The predicted molar refractivity (Wildman–Crippen MR) is 101 cm³/mol. The Morgan fingerprint density at radius 2 is 1.80 bits per heavy atom. The van der Waals surface area contributed by atoms with Crippen molar-refractivity contribution in [3.05, 3.63) is 29.1 Å². The number of hydrogen-bond donors (Lipinski definition) is 0. The first-order valence-corrected chi connectivity index (χ1v) is 10.0. The van der Waals surface area contributed by atoms with Crippen LogP contribution < -0.4 is 4.74 Å². The zero-order valence-corrected chi connectivity index (χ0v) is 16.1. The maximum Gasteiger partial charge on any atom is 0.168 e. The molecule has 1 aliphatic rings. The minimum absolute atomic E-state index is 0.0777. The van der Waals surface area contributed by atoms with Crippen molar-refractivity contribution in [2.24, 2.45) is 11.8 Å². The van der Waals surface area contributed by atoms with Gasteiger partial charge in [0.15, 0.2) is 17.3 Å². The molecular weight excluding hydrogens is 315 g/mol. The summed E-state index contributed by atoms with van der Waals surface area (Å²) in [5, 5.41) is 0. The molecule has 0 saturated heterocycles. The van der Waals surface area contributed by atoms with E-state index in [0.717, 1.165) is 18.8 Å². The summed E-state index contributed by atoms with van der Waals surface area (Å²) in [6.07, 6.45) is 10.6. The van der Waals surface area contributed by atoms with Crippen molar-refractivity contribution in [1.82, 2.24) is 0 Å². The lowest BCUT2D eigenvalue weighted by atomic mass is 9.77. The van der Waals surface area contributed by atoms with Crippen LogP contribution in [-0.4, -0.2) is 12.4 Å². The van der Waals surface area contributed by atoms with Crippen LogP contribution >= 0.6 is 0 Å². The van der Waals surface area contributed by atoms with Gasteiger partial charge in [0, 0.05) is 12.0 Å². The van der Waals surface area contributed by atoms with Crippen LogP contribution in [0.1, 0.15) is 87.6 Å². The molecule has 0 bridgehead atoms. The van der Waals surface area contributed by atoms with E-state index >= 15 is 0 Å². The van der Waals surface area contributed by atoms with Crippen molar-refractivity contribution in [2.75, 3.05) is 6.61 Å². The maximum absolute atomic E-state index is 14.3. The smallest absolute Gasteiger partial charge is 0.168 e. The molecule has 0 unspecified atom stereocenters. The molecule has 1 saturated carbocycles. The molecule has 140 valence electrons. The monoisotopic (exact) mass is 348 g/mol. The van der Waals surface area contributed by atoms with E-state index < -0.39 is 5.82 Å². The second-order valence-electron chi connectivity index (χ2n) is 7.49. The number of ketones is 1. The van der Waals surface area contributed by atoms with E-state index in [4.69, 9.17) is 4.74 Å². The Morgan fingerprint density at radius 1 is 1.12 bits per heavy atom. The first-order chi connectivity index (χ1) is 12.1. The molecule has 0 atom stereocenters. The van der Waals surface area contributed by atoms with Crippen molar-refractivity contribution in [3.63, 3.8) is 0 Å². The van der Waals surface area contributed by atoms with Crippen molar-refractivity contribution >= 4 is 5.78 Å². The lowest BCUT2D eigenvalue weighted by Gasteiger charge is -2.28. The molecule has 0 N–H and O–H groups in total. The lowest BCUT2D eigenvalue weighted by molar-refractivity contribution is 0.0940. The molecule has 1 aromatic rings. The first-order valence-electron chi connectivity index (χ1n) is 10.0. The summed E-state index contributed by atoms with van der Waals surface area (Å²) in [6.45, 7) is 6.17. The van der Waals surface area contributed by atoms with Crippen LogP contribution in [0.2, 0.25) is 0 Å². The summed E-state index contributed by atoms with van der Waals surface area (Å²) in [5.41, 5.74) is 0.940. The highest BCUT2D eigenvalue weighted by Gasteiger charge is 2.24. The Bertz CT molecular complexity index is 559. The molecule has 0 heterocycles. The highest BCUT2D eigenvalue weighted by Crippen LogP contribution is 2.35. The Kier molecular flexibility index (Phi) is 7.92. The largest absolute Gasteiger partial charge is 0.491 e. The third-order valence-electron chi connectivity index (χ3n) is 5.61. The van der Waals surface area contributed by atoms with Gasteiger partial charge in [0.05, 0.1) is 6.61 Å². The number of carbonyl (C=O) groups is 1. The molecule has 2 nitrogen and oxygen atoms in total. The molecule has 0 aromatic heterocycles. The summed E-state index contributed by atoms with van der Waals surface area (Å²) < 4.78 is 19.6. The third kappa shape index (κ3) is 5.55. The first kappa shape index (κ1) is 19.9. The number of benzene rings is 1. The van der Waals surface area contributed by atoms with Gasteiger partial charge in [0.25, 0.3) is 0 Å². The van der Waals surface area contributed by atoms with Gasteiger partial charge >= 0.3 is 0 Å². The average molecular weight is 349 g/mol. The molecule has 0 radical (unpaired) electrons. The highest BCUT2D eigenvalue weighted by atomic mass is 19.1. The van der Waals surface area contributed by atoms with Crippen LogP contribution in [0, 0.1) is 24.6 Å². The number of ether oxygens (including phenoxy) is 1. The van der Waals surface area contributed by atoms with Crippen LogP contribution in [0.15, 0.2) is 12.1 Å². The lowest BCUT2D eigenvalue weighted by Crippen LogP contribution is -2.18. The maximum atomic E-state index is 14.3. The SMILES string of the molecule is CCCCCC1CCC(CC(=O)c2ccc(OCC)c(F)c2C)CC1. The van der Waals surface area contributed by atoms with Crippen LogP contribution in [0.5, 0.6) is 5.75 Å². The van der Waals surface area contributed by atoms with E-state index in [1.54, 1.807) is 19.1 Å². The van der Waals surface area contributed by atoms with Gasteiger partial charge in [0.1, 0.15) is 0 Å². The molecule has 1 aliphatic carbocycles. The third-order valence-corrected chi connectivity index (χ3v) is 5.61. The molecule has 25 heavy (non-hydrogen) atoms. The van der Waals surface area contributed by atoms with Crippen molar-refractivity contribution in [3.8, 4) is 5.75 Å². The molecule has 2 rings (SSSR count). The molecule has 1 aromatic carbocycles. The minimum Gasteiger partial charge on any atom is -0.491 e. The van der Waals surface area contributed by atoms with E-state index in [-0.39, 0.29) is 11.5 Å². The van der Waals surface area contributed by atoms with Crippen LogP contribution in [0.3, 0.4) is 0 Å². The Balaban J connectivity index is 1.88. The van der Waals surface area contributed by atoms with E-state index in [0.29, 0.717) is 30.1 Å². The van der Waals surface area contributed by atoms with Crippen LogP contribution in [-0.2, 0) is 0 Å². The number of Topliss-reactive ketones (excluding diaryl/α,β-unsaturated/α-hetero) is 1. The Labute approximate surface area is 152 Å². The summed E-state index contributed by atoms with van der Waals surface area (Å²) in [5.74, 6) is 1.23. The molecule has 0 amide bonds. The summed E-state index contributed by atoms with van der Waals surface area (Å²) in [7, 11) is 0. The standard InChI is InChI=1S/C22H33FO2/c1-4-6-7-8-17-9-11-18(12-10-17)15-20(24)19-13-14-21(25-5-2)22(23)16(19)3/h13-14,17-18H,4-12,15H2,1-3H3. The van der Waals surface area contributed by atoms with Gasteiger partial charge < -0.3 is 4.74 Å². The number of hydrogen-bond acceptors (Lipinski definition) is 2. The van der Waals surface area contributed by atoms with E-state index in [1.807, 2.05) is 6.92 Å². The topological polar surface area (TPSA) is 26.3 Å². The van der Waals surface area contributed by atoms with Crippen molar-refractivity contribution in [2.45, 2.75) is 78.6 Å². The fourth-order valence-electron chi connectivity index (χ4n) is 4.01. The second-order valence-corrected chi connectivity index (χ2v) is 7.49. The van der Waals surface area contributed by atoms with E-state index in [9.17, 15) is 9.18 Å². The van der Waals surface area contributed by atoms with Gasteiger partial charge in [-0.2, -0.15) is 0 Å². The summed E-state index contributed by atoms with van der Waals surface area (Å²) in [4.78, 5) is 12.6. The molecule has 3 heteroatoms. The Morgan fingerprint density at radius 3 is 2.44 bits per heavy atom. The minimum atomic E-state index is -0.396. The number of carbonyl (C=O) groups excluding carboxylic acids is 1. The summed E-state index contributed by atoms with van der Waals surface area (Å²) >= 11 is 0. The van der Waals surface area contributed by atoms with Gasteiger partial charge in [-0.1, -0.05) is 45.4 Å². The zero-order chi connectivity index (χ0) is 18.2. The zero-order valence-electron chi connectivity index (χ0n) is 16.1. The van der Waals surface area contributed by atoms with Crippen LogP contribution in [0.4, 0.5) is 4.39 Å². The predicted octanol–water partition coefficient (Wildman–Crippen LogP) is 6.49. The fourth-order valence-corrected chi connectivity index (χ4v) is 4.01. The van der Waals surface area contributed by atoms with E-state index in [2.05, 4.69) is 6.92 Å². The summed E-state index contributed by atoms with van der Waals surface area (Å²) in [6, 6.07) is 3.31. The van der Waals surface area contributed by atoms with Crippen LogP contribution in [0.25, 0.3) is 0 Å². The van der Waals surface area contributed by atoms with E-state index in [1.165, 1.54) is 38.5 Å². The average Bonchev–Trinajstić information content (AvgIpc) is 2.61. The van der Waals surface area contributed by atoms with Gasteiger partial charge in [-0.25, -0.2) is 4.39 Å². The van der Waals surface area contributed by atoms with Gasteiger partial charge in [0.2, 0.25) is 0 Å². The quantitative estimate of drug-likeness (QED) is 0.376. The van der Waals surface area contributed by atoms with Gasteiger partial charge in [-0.3, -0.25) is 4.79 Å². The fraction of sp³-hybridized carbons (Fsp3) is 0.682. The number of halogens is 1. The van der Waals surface area contributed by atoms with Crippen molar-refractivity contribution < 1.29 is 13.9 Å². The highest BCUT2D eigenvalue weighted by molar-refractivity contribution is 5.97. The second kappa shape index (κ2) is 9.94. The molecular formula is C22H33FO2. The molecule has 1 fully saturated rings. The number of rotatable bonds is 9. The normalized spacial score (nSPS) is 20.5.